The molecule has 1 N–H and O–H groups in total. The first-order chi connectivity index (χ1) is 16.0. The van der Waals surface area contributed by atoms with Crippen molar-refractivity contribution in [3.05, 3.63) is 59.2 Å². The van der Waals surface area contributed by atoms with Gasteiger partial charge in [-0.3, -0.25) is 9.59 Å². The molecule has 34 heavy (non-hydrogen) atoms. The van der Waals surface area contributed by atoms with Crippen molar-refractivity contribution in [2.24, 2.45) is 5.92 Å². The van der Waals surface area contributed by atoms with Crippen LogP contribution in [0.2, 0.25) is 0 Å². The van der Waals surface area contributed by atoms with Crippen molar-refractivity contribution in [3.63, 3.8) is 0 Å². The number of hydrogen-bond acceptors (Lipinski definition) is 5. The lowest BCUT2D eigenvalue weighted by Crippen LogP contribution is -2.41. The molecule has 0 spiro atoms. The monoisotopic (exact) mass is 486 g/mol. The molecule has 0 radical (unpaired) electrons. The number of nitrogens with zero attached hydrogens (tertiary/aromatic N) is 1. The zero-order valence-corrected chi connectivity index (χ0v) is 21.3. The normalized spacial score (nSPS) is 16.3. The van der Waals surface area contributed by atoms with E-state index >= 15 is 0 Å². The number of aryl methyl sites for hydroxylation is 2. The van der Waals surface area contributed by atoms with Crippen molar-refractivity contribution in [2.45, 2.75) is 64.4 Å². The number of carbonyl (C=O) groups excluding carboxylic acids is 2. The number of nitrogens with one attached hydrogen (secondary N) is 1. The van der Waals surface area contributed by atoms with Gasteiger partial charge in [-0.25, -0.2) is 8.42 Å². The molecule has 184 valence electrons. The van der Waals surface area contributed by atoms with Gasteiger partial charge >= 0.3 is 5.97 Å². The molecule has 1 heterocycles. The number of sulfonamides is 1. The van der Waals surface area contributed by atoms with Gasteiger partial charge < -0.3 is 10.1 Å². The predicted molar refractivity (Wildman–Crippen MR) is 132 cm³/mol. The largest absolute Gasteiger partial charge is 0.452 e. The fourth-order valence-corrected chi connectivity index (χ4v) is 5.54. The summed E-state index contributed by atoms with van der Waals surface area (Å²) in [5.74, 6) is -0.980. The Labute approximate surface area is 202 Å². The van der Waals surface area contributed by atoms with Gasteiger partial charge in [-0.1, -0.05) is 44.2 Å². The fraction of sp³-hybridized carbons (Fsp3) is 0.462. The number of anilines is 1. The molecule has 8 heteroatoms. The van der Waals surface area contributed by atoms with Gasteiger partial charge in [-0.2, -0.15) is 4.31 Å². The summed E-state index contributed by atoms with van der Waals surface area (Å²) in [4.78, 5) is 25.5. The van der Waals surface area contributed by atoms with Crippen LogP contribution in [0.1, 0.15) is 56.2 Å². The van der Waals surface area contributed by atoms with Gasteiger partial charge in [0.05, 0.1) is 10.8 Å². The quantitative estimate of drug-likeness (QED) is 0.586. The average molecular weight is 487 g/mol. The van der Waals surface area contributed by atoms with Gasteiger partial charge in [-0.15, -0.1) is 0 Å². The highest BCUT2D eigenvalue weighted by Gasteiger charge is 2.34. The molecule has 0 saturated carbocycles. The lowest BCUT2D eigenvalue weighted by Gasteiger charge is -2.30. The van der Waals surface area contributed by atoms with Gasteiger partial charge in [-0.05, 0) is 68.4 Å². The van der Waals surface area contributed by atoms with Crippen LogP contribution in [-0.4, -0.2) is 43.8 Å². The van der Waals surface area contributed by atoms with Crippen molar-refractivity contribution < 1.29 is 22.7 Å². The van der Waals surface area contributed by atoms with Crippen LogP contribution in [-0.2, 0) is 24.3 Å². The van der Waals surface area contributed by atoms with Crippen molar-refractivity contribution >= 4 is 27.6 Å². The summed E-state index contributed by atoms with van der Waals surface area (Å²) in [5.41, 5.74) is 3.66. The summed E-state index contributed by atoms with van der Waals surface area (Å²) in [6, 6.07) is 12.7. The summed E-state index contributed by atoms with van der Waals surface area (Å²) >= 11 is 0. The second-order valence-electron chi connectivity index (χ2n) is 9.24. The van der Waals surface area contributed by atoms with Crippen molar-refractivity contribution in [3.8, 4) is 0 Å². The lowest BCUT2D eigenvalue weighted by molar-refractivity contribution is -0.158. The molecule has 0 aromatic heterocycles. The number of hydrogen-bond donors (Lipinski definition) is 1. The zero-order chi connectivity index (χ0) is 25.0. The molecule has 7 nitrogen and oxygen atoms in total. The Morgan fingerprint density at radius 1 is 0.971 bits per heavy atom. The first-order valence-electron chi connectivity index (χ1n) is 11.7. The minimum Gasteiger partial charge on any atom is -0.452 e. The van der Waals surface area contributed by atoms with Crippen LogP contribution in [0.5, 0.6) is 0 Å². The highest BCUT2D eigenvalue weighted by atomic mass is 32.2. The Balaban J connectivity index is 1.55. The minimum atomic E-state index is -3.62. The molecule has 1 fully saturated rings. The summed E-state index contributed by atoms with van der Waals surface area (Å²) in [6.45, 7) is 9.93. The lowest BCUT2D eigenvalue weighted by atomic mass is 9.98. The van der Waals surface area contributed by atoms with Crippen LogP contribution in [0.25, 0.3) is 0 Å². The van der Waals surface area contributed by atoms with Gasteiger partial charge in [0.25, 0.3) is 5.91 Å². The van der Waals surface area contributed by atoms with Crippen molar-refractivity contribution in [2.75, 3.05) is 18.4 Å². The van der Waals surface area contributed by atoms with E-state index in [1.54, 1.807) is 19.1 Å². The molecule has 1 aliphatic rings. The first kappa shape index (κ1) is 25.9. The molecule has 2 aromatic carbocycles. The average Bonchev–Trinajstić information content (AvgIpc) is 2.81. The predicted octanol–water partition coefficient (Wildman–Crippen LogP) is 4.40. The maximum atomic E-state index is 13.0. The van der Waals surface area contributed by atoms with E-state index in [1.807, 2.05) is 44.2 Å². The number of ether oxygens (including phenoxy) is 1. The number of carbonyl (C=O) groups is 2. The Morgan fingerprint density at radius 2 is 1.53 bits per heavy atom. The number of amides is 1. The van der Waals surface area contributed by atoms with Crippen LogP contribution < -0.4 is 5.32 Å². The SMILES string of the molecule is Cc1cccc(C)c1NC(=O)C(C)OC(=O)C1CCN(S(=O)(=O)c2ccc(C(C)C)cc2)CC1. The van der Waals surface area contributed by atoms with Crippen LogP contribution >= 0.6 is 0 Å². The Hall–Kier alpha value is -2.71. The first-order valence-corrected chi connectivity index (χ1v) is 13.1. The number of piperidine rings is 1. The van der Waals surface area contributed by atoms with Crippen LogP contribution in [0.15, 0.2) is 47.4 Å². The molecule has 1 amide bonds. The van der Waals surface area contributed by atoms with E-state index in [9.17, 15) is 18.0 Å². The molecule has 1 unspecified atom stereocenters. The van der Waals surface area contributed by atoms with E-state index < -0.39 is 33.9 Å². The summed E-state index contributed by atoms with van der Waals surface area (Å²) < 4.78 is 32.8. The molecule has 1 aliphatic heterocycles. The van der Waals surface area contributed by atoms with E-state index in [0.29, 0.717) is 18.8 Å². The molecule has 2 aromatic rings. The summed E-state index contributed by atoms with van der Waals surface area (Å²) in [7, 11) is -3.62. The number of para-hydroxylation sites is 1. The molecule has 3 rings (SSSR count). The highest BCUT2D eigenvalue weighted by molar-refractivity contribution is 7.89. The minimum absolute atomic E-state index is 0.233. The zero-order valence-electron chi connectivity index (χ0n) is 20.5. The summed E-state index contributed by atoms with van der Waals surface area (Å²) in [5, 5.41) is 2.84. The Bertz CT molecular complexity index is 1110. The topological polar surface area (TPSA) is 92.8 Å². The van der Waals surface area contributed by atoms with E-state index in [2.05, 4.69) is 19.2 Å². The van der Waals surface area contributed by atoms with E-state index in [0.717, 1.165) is 22.4 Å². The van der Waals surface area contributed by atoms with Gasteiger partial charge in [0.15, 0.2) is 6.10 Å². The van der Waals surface area contributed by atoms with Crippen LogP contribution in [0.4, 0.5) is 5.69 Å². The van der Waals surface area contributed by atoms with Crippen LogP contribution in [0.3, 0.4) is 0 Å². The third-order valence-corrected chi connectivity index (χ3v) is 8.28. The fourth-order valence-electron chi connectivity index (χ4n) is 4.07. The van der Waals surface area contributed by atoms with E-state index in [-0.39, 0.29) is 18.0 Å². The third-order valence-electron chi connectivity index (χ3n) is 6.36. The maximum Gasteiger partial charge on any atom is 0.309 e. The Morgan fingerprint density at radius 3 is 2.06 bits per heavy atom. The Kier molecular flexibility index (Phi) is 8.15. The van der Waals surface area contributed by atoms with Crippen molar-refractivity contribution in [1.82, 2.24) is 4.31 Å². The summed E-state index contributed by atoms with van der Waals surface area (Å²) in [6.07, 6.45) is -0.242. The standard InChI is InChI=1S/C26H34N2O5S/c1-17(2)21-9-11-23(12-10-21)34(31,32)28-15-13-22(14-16-28)26(30)33-20(5)25(29)27-24-18(3)7-6-8-19(24)4/h6-12,17,20,22H,13-16H2,1-5H3,(H,27,29). The van der Waals surface area contributed by atoms with Gasteiger partial charge in [0.1, 0.15) is 0 Å². The van der Waals surface area contributed by atoms with E-state index in [1.165, 1.54) is 4.31 Å². The molecular weight excluding hydrogens is 452 g/mol. The third kappa shape index (κ3) is 5.85. The van der Waals surface area contributed by atoms with Gasteiger partial charge in [0, 0.05) is 18.8 Å². The number of benzene rings is 2. The molecule has 0 bridgehead atoms. The molecule has 1 saturated heterocycles. The van der Waals surface area contributed by atoms with Crippen molar-refractivity contribution in [1.29, 1.82) is 0 Å². The van der Waals surface area contributed by atoms with Crippen LogP contribution in [0, 0.1) is 19.8 Å². The maximum absolute atomic E-state index is 13.0. The molecule has 1 atom stereocenters. The van der Waals surface area contributed by atoms with Gasteiger partial charge in [0.2, 0.25) is 10.0 Å². The molecule has 0 aliphatic carbocycles. The number of esters is 1. The second kappa shape index (κ2) is 10.7. The smallest absolute Gasteiger partial charge is 0.309 e. The highest BCUT2D eigenvalue weighted by Crippen LogP contribution is 2.26. The molecular formula is C26H34N2O5S. The second-order valence-corrected chi connectivity index (χ2v) is 11.2. The van der Waals surface area contributed by atoms with E-state index in [4.69, 9.17) is 4.74 Å². The number of rotatable bonds is 7.